The van der Waals surface area contributed by atoms with Crippen molar-refractivity contribution in [2.24, 2.45) is 0 Å². The summed E-state index contributed by atoms with van der Waals surface area (Å²) in [6.45, 7) is 1.97. The highest BCUT2D eigenvalue weighted by Crippen LogP contribution is 2.27. The monoisotopic (exact) mass is 412 g/mol. The predicted molar refractivity (Wildman–Crippen MR) is 113 cm³/mol. The van der Waals surface area contributed by atoms with Crippen molar-refractivity contribution in [3.05, 3.63) is 70.0 Å². The van der Waals surface area contributed by atoms with Crippen LogP contribution in [0.1, 0.15) is 5.56 Å². The van der Waals surface area contributed by atoms with Crippen molar-refractivity contribution >= 4 is 40.0 Å². The van der Waals surface area contributed by atoms with Crippen LogP contribution in [0, 0.1) is 6.92 Å². The van der Waals surface area contributed by atoms with Crippen molar-refractivity contribution in [1.29, 1.82) is 0 Å². The number of hydrogen-bond donors (Lipinski definition) is 0. The van der Waals surface area contributed by atoms with E-state index in [1.54, 1.807) is 11.7 Å². The molecule has 2 aromatic carbocycles. The van der Waals surface area contributed by atoms with Gasteiger partial charge in [0.1, 0.15) is 5.75 Å². The lowest BCUT2D eigenvalue weighted by Crippen LogP contribution is -2.22. The molecule has 0 unspecified atom stereocenters. The van der Waals surface area contributed by atoms with Crippen LogP contribution in [0.15, 0.2) is 64.0 Å². The quantitative estimate of drug-likeness (QED) is 0.460. The van der Waals surface area contributed by atoms with Crippen molar-refractivity contribution in [1.82, 2.24) is 19.2 Å². The molecule has 2 heterocycles. The van der Waals surface area contributed by atoms with E-state index in [0.717, 1.165) is 11.1 Å². The summed E-state index contributed by atoms with van der Waals surface area (Å²) in [5.41, 5.74) is 3.70. The Labute approximate surface area is 170 Å². The van der Waals surface area contributed by atoms with Crippen molar-refractivity contribution in [2.45, 2.75) is 12.1 Å². The van der Waals surface area contributed by atoms with E-state index in [1.165, 1.54) is 17.3 Å². The Morgan fingerprint density at radius 3 is 2.82 bits per heavy atom. The smallest absolute Gasteiger partial charge is 0.267 e. The van der Waals surface area contributed by atoms with Gasteiger partial charge in [-0.25, -0.2) is 4.57 Å². The summed E-state index contributed by atoms with van der Waals surface area (Å²) in [4.78, 5) is 13.4. The van der Waals surface area contributed by atoms with Gasteiger partial charge >= 0.3 is 0 Å². The molecule has 6 nitrogen and oxygen atoms in total. The number of fused-ring (bicyclic) bond motifs is 3. The zero-order chi connectivity index (χ0) is 19.7. The Balaban J connectivity index is 2.11. The average Bonchev–Trinajstić information content (AvgIpc) is 3.12. The Morgan fingerprint density at radius 1 is 1.21 bits per heavy atom. The summed E-state index contributed by atoms with van der Waals surface area (Å²) in [6.07, 6.45) is 1.83. The van der Waals surface area contributed by atoms with E-state index in [4.69, 9.17) is 16.3 Å². The van der Waals surface area contributed by atoms with Gasteiger partial charge in [-0.2, -0.15) is 0 Å². The van der Waals surface area contributed by atoms with Gasteiger partial charge in [0.05, 0.1) is 23.7 Å². The molecule has 0 bridgehead atoms. The van der Waals surface area contributed by atoms with Crippen LogP contribution in [0.5, 0.6) is 5.75 Å². The van der Waals surface area contributed by atoms with Crippen LogP contribution >= 0.6 is 23.4 Å². The molecule has 0 fully saturated rings. The number of benzene rings is 2. The van der Waals surface area contributed by atoms with E-state index in [-0.39, 0.29) is 5.56 Å². The number of hydrogen-bond acceptors (Lipinski definition) is 5. The number of rotatable bonds is 5. The van der Waals surface area contributed by atoms with Crippen molar-refractivity contribution < 1.29 is 4.74 Å². The fraction of sp³-hybridized carbons (Fsp3) is 0.150. The molecule has 0 atom stereocenters. The van der Waals surface area contributed by atoms with E-state index in [2.05, 4.69) is 10.2 Å². The number of methoxy groups -OCH3 is 1. The largest absolute Gasteiger partial charge is 0.495 e. The maximum absolute atomic E-state index is 13.4. The summed E-state index contributed by atoms with van der Waals surface area (Å²) >= 11 is 7.12. The van der Waals surface area contributed by atoms with Gasteiger partial charge in [0.2, 0.25) is 5.78 Å². The second-order valence-electron chi connectivity index (χ2n) is 6.12. The number of nitrogens with zero attached hydrogens (tertiary/aromatic N) is 4. The highest BCUT2D eigenvalue weighted by molar-refractivity contribution is 7.99. The summed E-state index contributed by atoms with van der Waals surface area (Å²) < 4.78 is 8.96. The number of ether oxygens (including phenoxy) is 1. The molecule has 8 heteroatoms. The second kappa shape index (κ2) is 7.69. The Kier molecular flexibility index (Phi) is 5.11. The summed E-state index contributed by atoms with van der Waals surface area (Å²) in [5.74, 6) is 1.67. The first-order valence-electron chi connectivity index (χ1n) is 8.57. The standard InChI is InChI=1S/C20H17ClN4O2S/c1-13-8-9-17(27-2)16(12-13)24-18(26)14-6-3-4-7-15(14)25-19(24)22-23-20(25)28-11-5-10-21/h3-10,12H,11H2,1-2H3/b10-5+. The van der Waals surface area contributed by atoms with Gasteiger partial charge in [-0.05, 0) is 36.8 Å². The molecular weight excluding hydrogens is 396 g/mol. The first-order valence-corrected chi connectivity index (χ1v) is 10.00. The third-order valence-electron chi connectivity index (χ3n) is 4.37. The molecule has 2 aromatic heterocycles. The number of thioether (sulfide) groups is 1. The molecule has 0 radical (unpaired) electrons. The minimum Gasteiger partial charge on any atom is -0.495 e. The van der Waals surface area contributed by atoms with Crippen molar-refractivity contribution in [3.63, 3.8) is 0 Å². The second-order valence-corrected chi connectivity index (χ2v) is 7.36. The van der Waals surface area contributed by atoms with Crippen LogP contribution in [0.3, 0.4) is 0 Å². The molecule has 4 aromatic rings. The fourth-order valence-corrected chi connectivity index (χ4v) is 4.07. The topological polar surface area (TPSA) is 61.4 Å². The number of para-hydroxylation sites is 1. The van der Waals surface area contributed by atoms with E-state index in [9.17, 15) is 4.79 Å². The lowest BCUT2D eigenvalue weighted by atomic mass is 10.2. The van der Waals surface area contributed by atoms with Gasteiger partial charge in [0, 0.05) is 11.3 Å². The Morgan fingerprint density at radius 2 is 2.04 bits per heavy atom. The molecule has 0 aliphatic rings. The zero-order valence-electron chi connectivity index (χ0n) is 15.3. The first kappa shape index (κ1) is 18.6. The number of halogens is 1. The molecule has 0 saturated carbocycles. The maximum Gasteiger partial charge on any atom is 0.267 e. The summed E-state index contributed by atoms with van der Waals surface area (Å²) in [7, 11) is 1.58. The zero-order valence-corrected chi connectivity index (χ0v) is 16.9. The third-order valence-corrected chi connectivity index (χ3v) is 5.43. The molecule has 0 amide bonds. The highest BCUT2D eigenvalue weighted by Gasteiger charge is 2.19. The normalized spacial score (nSPS) is 11.7. The van der Waals surface area contributed by atoms with Gasteiger partial charge in [0.15, 0.2) is 5.16 Å². The van der Waals surface area contributed by atoms with Crippen LogP contribution in [0.25, 0.3) is 22.4 Å². The molecule has 28 heavy (non-hydrogen) atoms. The highest BCUT2D eigenvalue weighted by atomic mass is 35.5. The summed E-state index contributed by atoms with van der Waals surface area (Å²) in [5, 5.41) is 9.91. The molecule has 0 aliphatic heterocycles. The van der Waals surface area contributed by atoms with E-state index < -0.39 is 0 Å². The van der Waals surface area contributed by atoms with E-state index in [0.29, 0.717) is 33.5 Å². The lowest BCUT2D eigenvalue weighted by molar-refractivity contribution is 0.412. The predicted octanol–water partition coefficient (Wildman–Crippen LogP) is 4.20. The van der Waals surface area contributed by atoms with Crippen molar-refractivity contribution in [2.75, 3.05) is 12.9 Å². The van der Waals surface area contributed by atoms with Crippen LogP contribution in [0.4, 0.5) is 0 Å². The third kappa shape index (κ3) is 3.06. The minimum absolute atomic E-state index is 0.170. The van der Waals surface area contributed by atoms with Gasteiger partial charge in [-0.3, -0.25) is 9.20 Å². The van der Waals surface area contributed by atoms with Gasteiger partial charge in [0.25, 0.3) is 5.56 Å². The number of aromatic nitrogens is 4. The Bertz CT molecular complexity index is 1260. The van der Waals surface area contributed by atoms with Crippen molar-refractivity contribution in [3.8, 4) is 11.4 Å². The molecule has 4 rings (SSSR count). The van der Waals surface area contributed by atoms with Gasteiger partial charge in [-0.15, -0.1) is 10.2 Å². The number of aryl methyl sites for hydroxylation is 1. The van der Waals surface area contributed by atoms with E-state index in [1.807, 2.05) is 59.9 Å². The van der Waals surface area contributed by atoms with Crippen LogP contribution in [-0.2, 0) is 0 Å². The molecular formula is C20H17ClN4O2S. The van der Waals surface area contributed by atoms with E-state index >= 15 is 0 Å². The van der Waals surface area contributed by atoms with Crippen LogP contribution in [0.2, 0.25) is 0 Å². The van der Waals surface area contributed by atoms with Crippen LogP contribution < -0.4 is 10.3 Å². The molecule has 0 saturated heterocycles. The maximum atomic E-state index is 13.4. The van der Waals surface area contributed by atoms with Gasteiger partial charge in [-0.1, -0.05) is 47.6 Å². The molecule has 0 aliphatic carbocycles. The van der Waals surface area contributed by atoms with Gasteiger partial charge < -0.3 is 4.74 Å². The summed E-state index contributed by atoms with van der Waals surface area (Å²) in [6, 6.07) is 13.1. The van der Waals surface area contributed by atoms with Crippen LogP contribution in [-0.4, -0.2) is 32.0 Å². The molecule has 142 valence electrons. The molecule has 0 spiro atoms. The average molecular weight is 413 g/mol. The Hall–Kier alpha value is -2.77. The first-order chi connectivity index (χ1) is 13.7. The SMILES string of the molecule is COc1ccc(C)cc1-n1c(=O)c2ccccc2n2c(SC/C=C/Cl)nnc12. The lowest BCUT2D eigenvalue weighted by Gasteiger charge is -2.14. The fourth-order valence-electron chi connectivity index (χ4n) is 3.12. The minimum atomic E-state index is -0.170. The molecule has 0 N–H and O–H groups in total.